The summed E-state index contributed by atoms with van der Waals surface area (Å²) in [5, 5.41) is 0. The van der Waals surface area contributed by atoms with Gasteiger partial charge in [-0.05, 0) is 35.4 Å². The van der Waals surface area contributed by atoms with E-state index in [0.717, 1.165) is 15.6 Å². The quantitative estimate of drug-likeness (QED) is 0.936. The van der Waals surface area contributed by atoms with E-state index < -0.39 is 0 Å². The van der Waals surface area contributed by atoms with E-state index in [1.165, 1.54) is 6.07 Å². The molecule has 0 aliphatic carbocycles. The van der Waals surface area contributed by atoms with Gasteiger partial charge in [-0.1, -0.05) is 34.1 Å². The number of hydrogen-bond donors (Lipinski definition) is 1. The van der Waals surface area contributed by atoms with Crippen molar-refractivity contribution in [3.8, 4) is 5.75 Å². The van der Waals surface area contributed by atoms with Gasteiger partial charge < -0.3 is 10.5 Å². The van der Waals surface area contributed by atoms with Gasteiger partial charge in [-0.25, -0.2) is 4.39 Å². The maximum Gasteiger partial charge on any atom is 0.165 e. The number of halogens is 2. The second kappa shape index (κ2) is 5.98. The number of rotatable bonds is 4. The fraction of sp³-hybridized carbons (Fsp3) is 0.143. The van der Waals surface area contributed by atoms with Gasteiger partial charge in [0.2, 0.25) is 0 Å². The van der Waals surface area contributed by atoms with Crippen molar-refractivity contribution in [3.05, 3.63) is 63.9 Å². The molecule has 18 heavy (non-hydrogen) atoms. The first-order chi connectivity index (χ1) is 8.69. The predicted molar refractivity (Wildman–Crippen MR) is 72.8 cm³/mol. The van der Waals surface area contributed by atoms with Gasteiger partial charge in [-0.15, -0.1) is 0 Å². The zero-order valence-corrected chi connectivity index (χ0v) is 11.3. The largest absolute Gasteiger partial charge is 0.486 e. The Morgan fingerprint density at radius 1 is 1.06 bits per heavy atom. The van der Waals surface area contributed by atoms with Crippen molar-refractivity contribution >= 4 is 15.9 Å². The van der Waals surface area contributed by atoms with E-state index in [-0.39, 0.29) is 11.6 Å². The van der Waals surface area contributed by atoms with Crippen LogP contribution in [0.2, 0.25) is 0 Å². The number of hydrogen-bond acceptors (Lipinski definition) is 2. The summed E-state index contributed by atoms with van der Waals surface area (Å²) in [6.45, 7) is 0.663. The van der Waals surface area contributed by atoms with E-state index in [1.807, 2.05) is 24.3 Å². The summed E-state index contributed by atoms with van der Waals surface area (Å²) in [6.07, 6.45) is 0. The van der Waals surface area contributed by atoms with Crippen molar-refractivity contribution in [3.63, 3.8) is 0 Å². The van der Waals surface area contributed by atoms with E-state index in [1.54, 1.807) is 12.1 Å². The molecule has 94 valence electrons. The molecule has 0 radical (unpaired) electrons. The summed E-state index contributed by atoms with van der Waals surface area (Å²) < 4.78 is 20.1. The van der Waals surface area contributed by atoms with Crippen molar-refractivity contribution < 1.29 is 9.13 Å². The molecular weight excluding hydrogens is 297 g/mol. The van der Waals surface area contributed by atoms with Crippen molar-refractivity contribution in [2.45, 2.75) is 13.2 Å². The molecule has 0 saturated carbocycles. The van der Waals surface area contributed by atoms with E-state index in [2.05, 4.69) is 15.9 Å². The summed E-state index contributed by atoms with van der Waals surface area (Å²) in [6, 6.07) is 12.5. The Bertz CT molecular complexity index is 528. The van der Waals surface area contributed by atoms with Gasteiger partial charge in [0.05, 0.1) is 0 Å². The first-order valence-electron chi connectivity index (χ1n) is 5.55. The Hall–Kier alpha value is -1.39. The number of benzene rings is 2. The second-order valence-electron chi connectivity index (χ2n) is 3.88. The van der Waals surface area contributed by atoms with Gasteiger partial charge in [-0.2, -0.15) is 0 Å². The first-order valence-corrected chi connectivity index (χ1v) is 6.34. The van der Waals surface area contributed by atoms with Crippen molar-refractivity contribution in [2.75, 3.05) is 0 Å². The molecule has 0 aromatic heterocycles. The van der Waals surface area contributed by atoms with Gasteiger partial charge in [0.25, 0.3) is 0 Å². The minimum atomic E-state index is -0.380. The van der Waals surface area contributed by atoms with Crippen LogP contribution in [-0.4, -0.2) is 0 Å². The lowest BCUT2D eigenvalue weighted by molar-refractivity contribution is 0.290. The van der Waals surface area contributed by atoms with Crippen molar-refractivity contribution in [2.24, 2.45) is 5.73 Å². The standard InChI is InChI=1S/C14H13BrFNO/c15-12-4-1-10(2-5-12)9-18-14-6-3-11(8-17)7-13(14)16/h1-7H,8-9,17H2. The van der Waals surface area contributed by atoms with E-state index in [9.17, 15) is 4.39 Å². The smallest absolute Gasteiger partial charge is 0.165 e. The lowest BCUT2D eigenvalue weighted by atomic mass is 10.2. The van der Waals surface area contributed by atoms with Crippen LogP contribution in [0.3, 0.4) is 0 Å². The highest BCUT2D eigenvalue weighted by Gasteiger charge is 2.04. The molecule has 0 amide bonds. The Kier molecular flexibility index (Phi) is 4.33. The van der Waals surface area contributed by atoms with Crippen LogP contribution in [0.4, 0.5) is 4.39 Å². The molecular formula is C14H13BrFNO. The molecule has 0 saturated heterocycles. The first kappa shape index (κ1) is 13.1. The lowest BCUT2D eigenvalue weighted by Gasteiger charge is -2.08. The number of ether oxygens (including phenoxy) is 1. The molecule has 0 aliphatic rings. The Morgan fingerprint density at radius 3 is 2.33 bits per heavy atom. The SMILES string of the molecule is NCc1ccc(OCc2ccc(Br)cc2)c(F)c1. The van der Waals surface area contributed by atoms with Gasteiger partial charge in [0.15, 0.2) is 11.6 Å². The Morgan fingerprint density at radius 2 is 1.72 bits per heavy atom. The molecule has 0 atom stereocenters. The predicted octanol–water partition coefficient (Wildman–Crippen LogP) is 3.63. The molecule has 2 nitrogen and oxygen atoms in total. The molecule has 0 unspecified atom stereocenters. The molecule has 0 heterocycles. The van der Waals surface area contributed by atoms with Crippen LogP contribution in [0.25, 0.3) is 0 Å². The molecule has 0 aliphatic heterocycles. The molecule has 0 spiro atoms. The maximum atomic E-state index is 13.6. The average Bonchev–Trinajstić information content (AvgIpc) is 2.39. The van der Waals surface area contributed by atoms with Crippen molar-refractivity contribution in [1.29, 1.82) is 0 Å². The summed E-state index contributed by atoms with van der Waals surface area (Å²) in [5.41, 5.74) is 7.18. The lowest BCUT2D eigenvalue weighted by Crippen LogP contribution is -2.00. The van der Waals surface area contributed by atoms with Crippen LogP contribution >= 0.6 is 15.9 Å². The highest BCUT2D eigenvalue weighted by Crippen LogP contribution is 2.20. The van der Waals surface area contributed by atoms with Crippen molar-refractivity contribution in [1.82, 2.24) is 0 Å². The normalized spacial score (nSPS) is 10.4. The Balaban J connectivity index is 2.04. The second-order valence-corrected chi connectivity index (χ2v) is 4.80. The van der Waals surface area contributed by atoms with Gasteiger partial charge >= 0.3 is 0 Å². The fourth-order valence-corrected chi connectivity index (χ4v) is 1.79. The van der Waals surface area contributed by atoms with Crippen LogP contribution in [0, 0.1) is 5.82 Å². The van der Waals surface area contributed by atoms with Crippen LogP contribution < -0.4 is 10.5 Å². The van der Waals surface area contributed by atoms with Gasteiger partial charge in [-0.3, -0.25) is 0 Å². The summed E-state index contributed by atoms with van der Waals surface area (Å²) >= 11 is 3.36. The molecule has 2 rings (SSSR count). The van der Waals surface area contributed by atoms with Crippen LogP contribution in [0.1, 0.15) is 11.1 Å². The van der Waals surface area contributed by atoms with E-state index in [4.69, 9.17) is 10.5 Å². The zero-order chi connectivity index (χ0) is 13.0. The van der Waals surface area contributed by atoms with Crippen LogP contribution in [0.15, 0.2) is 46.9 Å². The van der Waals surface area contributed by atoms with Gasteiger partial charge in [0.1, 0.15) is 6.61 Å². The van der Waals surface area contributed by atoms with Crippen LogP contribution in [-0.2, 0) is 13.2 Å². The monoisotopic (exact) mass is 309 g/mol. The third kappa shape index (κ3) is 3.31. The average molecular weight is 310 g/mol. The maximum absolute atomic E-state index is 13.6. The van der Waals surface area contributed by atoms with Gasteiger partial charge in [0, 0.05) is 11.0 Å². The van der Waals surface area contributed by atoms with E-state index >= 15 is 0 Å². The zero-order valence-electron chi connectivity index (χ0n) is 9.70. The molecule has 0 bridgehead atoms. The molecule has 2 aromatic carbocycles. The number of nitrogens with two attached hydrogens (primary N) is 1. The molecule has 2 N–H and O–H groups in total. The van der Waals surface area contributed by atoms with Crippen LogP contribution in [0.5, 0.6) is 5.75 Å². The molecule has 0 fully saturated rings. The topological polar surface area (TPSA) is 35.2 Å². The minimum absolute atomic E-state index is 0.245. The highest BCUT2D eigenvalue weighted by molar-refractivity contribution is 9.10. The Labute approximate surface area is 114 Å². The summed E-state index contributed by atoms with van der Waals surface area (Å²) in [7, 11) is 0. The third-order valence-electron chi connectivity index (χ3n) is 2.54. The summed E-state index contributed by atoms with van der Waals surface area (Å²) in [4.78, 5) is 0. The van der Waals surface area contributed by atoms with E-state index in [0.29, 0.717) is 13.2 Å². The third-order valence-corrected chi connectivity index (χ3v) is 3.07. The molecule has 4 heteroatoms. The summed E-state index contributed by atoms with van der Waals surface area (Å²) in [5.74, 6) is -0.134. The molecule has 2 aromatic rings. The fourth-order valence-electron chi connectivity index (χ4n) is 1.53. The minimum Gasteiger partial charge on any atom is -0.486 e. The highest BCUT2D eigenvalue weighted by atomic mass is 79.9.